The maximum Gasteiger partial charge on any atom is 0.271 e. The van der Waals surface area contributed by atoms with Gasteiger partial charge in [-0.25, -0.2) is 0 Å². The van der Waals surface area contributed by atoms with Crippen LogP contribution in [0.25, 0.3) is 5.65 Å². The summed E-state index contributed by atoms with van der Waals surface area (Å²) >= 11 is 0. The first-order chi connectivity index (χ1) is 9.84. The fourth-order valence-electron chi connectivity index (χ4n) is 2.92. The highest BCUT2D eigenvalue weighted by Crippen LogP contribution is 2.37. The van der Waals surface area contributed by atoms with Crippen LogP contribution in [0.5, 0.6) is 0 Å². The van der Waals surface area contributed by atoms with Gasteiger partial charge < -0.3 is 9.64 Å². The average Bonchev–Trinajstić information content (AvgIpc) is 3.23. The molecule has 0 spiro atoms. The first kappa shape index (κ1) is 11.8. The standard InChI is InChI=1S/C14H16N4O2/c19-14(11-2-1-3-13-16-15-9-18(11)13)17-6-7-20-8-12(17)10-4-5-10/h1-3,9-10,12H,4-8H2. The van der Waals surface area contributed by atoms with Crippen LogP contribution in [0.3, 0.4) is 0 Å². The van der Waals surface area contributed by atoms with E-state index < -0.39 is 0 Å². The predicted octanol–water partition coefficient (Wildman–Crippen LogP) is 0.980. The first-order valence-electron chi connectivity index (χ1n) is 7.02. The number of nitrogens with zero attached hydrogens (tertiary/aromatic N) is 4. The monoisotopic (exact) mass is 272 g/mol. The Morgan fingerprint density at radius 3 is 3.10 bits per heavy atom. The summed E-state index contributed by atoms with van der Waals surface area (Å²) in [5.74, 6) is 0.662. The molecule has 1 saturated heterocycles. The van der Waals surface area contributed by atoms with Gasteiger partial charge in [-0.15, -0.1) is 10.2 Å². The van der Waals surface area contributed by atoms with Crippen LogP contribution in [0.2, 0.25) is 0 Å². The van der Waals surface area contributed by atoms with Crippen LogP contribution in [0, 0.1) is 5.92 Å². The van der Waals surface area contributed by atoms with Gasteiger partial charge in [0.1, 0.15) is 12.0 Å². The molecule has 0 aromatic carbocycles. The van der Waals surface area contributed by atoms with E-state index >= 15 is 0 Å². The summed E-state index contributed by atoms with van der Waals surface area (Å²) < 4.78 is 7.30. The Labute approximate surface area is 116 Å². The van der Waals surface area contributed by atoms with E-state index in [1.165, 1.54) is 12.8 Å². The second kappa shape index (κ2) is 4.56. The van der Waals surface area contributed by atoms with E-state index in [0.29, 0.717) is 37.0 Å². The highest BCUT2D eigenvalue weighted by Gasteiger charge is 2.39. The molecule has 1 saturated carbocycles. The molecule has 1 atom stereocenters. The van der Waals surface area contributed by atoms with E-state index in [9.17, 15) is 4.79 Å². The molecule has 0 radical (unpaired) electrons. The Balaban J connectivity index is 1.69. The number of rotatable bonds is 2. The summed E-state index contributed by atoms with van der Waals surface area (Å²) in [5, 5.41) is 7.86. The van der Waals surface area contributed by atoms with Crippen molar-refractivity contribution in [3.63, 3.8) is 0 Å². The van der Waals surface area contributed by atoms with Gasteiger partial charge in [0.05, 0.1) is 19.3 Å². The van der Waals surface area contributed by atoms with Crippen LogP contribution < -0.4 is 0 Å². The molecule has 20 heavy (non-hydrogen) atoms. The van der Waals surface area contributed by atoms with Gasteiger partial charge in [0.25, 0.3) is 5.91 Å². The zero-order valence-electron chi connectivity index (χ0n) is 11.1. The molecular formula is C14H16N4O2. The van der Waals surface area contributed by atoms with Crippen molar-refractivity contribution in [3.8, 4) is 0 Å². The molecule has 4 rings (SSSR count). The van der Waals surface area contributed by atoms with Crippen molar-refractivity contribution in [2.75, 3.05) is 19.8 Å². The lowest BCUT2D eigenvalue weighted by Crippen LogP contribution is -2.50. The number of morpholine rings is 1. The summed E-state index contributed by atoms with van der Waals surface area (Å²) in [6.07, 6.45) is 4.00. The van der Waals surface area contributed by atoms with E-state index in [0.717, 1.165) is 0 Å². The normalized spacial score (nSPS) is 23.2. The summed E-state index contributed by atoms with van der Waals surface area (Å²) in [7, 11) is 0. The molecule has 2 aromatic rings. The zero-order chi connectivity index (χ0) is 13.5. The number of hydrogen-bond acceptors (Lipinski definition) is 4. The van der Waals surface area contributed by atoms with Gasteiger partial charge in [-0.05, 0) is 30.9 Å². The summed E-state index contributed by atoms with van der Waals surface area (Å²) in [5.41, 5.74) is 1.33. The molecule has 2 aliphatic rings. The lowest BCUT2D eigenvalue weighted by Gasteiger charge is -2.35. The smallest absolute Gasteiger partial charge is 0.271 e. The number of fused-ring (bicyclic) bond motifs is 1. The third-order valence-electron chi connectivity index (χ3n) is 4.14. The molecule has 2 aromatic heterocycles. The van der Waals surface area contributed by atoms with E-state index in [1.807, 2.05) is 23.1 Å². The van der Waals surface area contributed by atoms with Crippen LogP contribution in [-0.4, -0.2) is 51.2 Å². The number of hydrogen-bond donors (Lipinski definition) is 0. The molecule has 0 N–H and O–H groups in total. The van der Waals surface area contributed by atoms with Crippen molar-refractivity contribution >= 4 is 11.6 Å². The summed E-state index contributed by atoms with van der Waals surface area (Å²) in [6.45, 7) is 1.94. The van der Waals surface area contributed by atoms with Crippen molar-refractivity contribution in [2.24, 2.45) is 5.92 Å². The SMILES string of the molecule is O=C(c1cccc2nncn12)N1CCOCC1C1CC1. The van der Waals surface area contributed by atoms with E-state index in [4.69, 9.17) is 4.74 Å². The number of aromatic nitrogens is 3. The van der Waals surface area contributed by atoms with Crippen molar-refractivity contribution in [1.82, 2.24) is 19.5 Å². The van der Waals surface area contributed by atoms with E-state index in [-0.39, 0.29) is 11.9 Å². The van der Waals surface area contributed by atoms with Gasteiger partial charge in [-0.3, -0.25) is 9.20 Å². The Kier molecular flexibility index (Phi) is 2.70. The second-order valence-electron chi connectivity index (χ2n) is 5.45. The minimum atomic E-state index is 0.0515. The van der Waals surface area contributed by atoms with Crippen LogP contribution in [0.1, 0.15) is 23.3 Å². The van der Waals surface area contributed by atoms with Crippen molar-refractivity contribution in [3.05, 3.63) is 30.2 Å². The molecule has 0 bridgehead atoms. The quantitative estimate of drug-likeness (QED) is 0.817. The van der Waals surface area contributed by atoms with Crippen LogP contribution >= 0.6 is 0 Å². The molecule has 6 heteroatoms. The minimum absolute atomic E-state index is 0.0515. The maximum absolute atomic E-state index is 12.8. The molecule has 1 aliphatic heterocycles. The number of amides is 1. The number of carbonyl (C=O) groups excluding carboxylic acids is 1. The third-order valence-corrected chi connectivity index (χ3v) is 4.14. The summed E-state index contributed by atoms with van der Waals surface area (Å²) in [4.78, 5) is 14.8. The Bertz CT molecular complexity index is 649. The second-order valence-corrected chi connectivity index (χ2v) is 5.45. The number of ether oxygens (including phenoxy) is 1. The average molecular weight is 272 g/mol. The van der Waals surface area contributed by atoms with Gasteiger partial charge in [-0.1, -0.05) is 6.07 Å². The van der Waals surface area contributed by atoms with E-state index in [1.54, 1.807) is 10.7 Å². The Hall–Kier alpha value is -1.95. The highest BCUT2D eigenvalue weighted by atomic mass is 16.5. The lowest BCUT2D eigenvalue weighted by atomic mass is 10.1. The van der Waals surface area contributed by atoms with Gasteiger partial charge >= 0.3 is 0 Å². The predicted molar refractivity (Wildman–Crippen MR) is 71.4 cm³/mol. The molecule has 6 nitrogen and oxygen atoms in total. The molecule has 1 amide bonds. The molecule has 104 valence electrons. The largest absolute Gasteiger partial charge is 0.377 e. The van der Waals surface area contributed by atoms with Gasteiger partial charge in [0.15, 0.2) is 5.65 Å². The first-order valence-corrected chi connectivity index (χ1v) is 7.02. The summed E-state index contributed by atoms with van der Waals surface area (Å²) in [6, 6.07) is 5.76. The molecular weight excluding hydrogens is 256 g/mol. The number of carbonyl (C=O) groups is 1. The van der Waals surface area contributed by atoms with Crippen molar-refractivity contribution in [2.45, 2.75) is 18.9 Å². The van der Waals surface area contributed by atoms with Crippen LogP contribution in [0.15, 0.2) is 24.5 Å². The number of pyridine rings is 1. The van der Waals surface area contributed by atoms with Gasteiger partial charge in [0, 0.05) is 6.54 Å². The third kappa shape index (κ3) is 1.87. The van der Waals surface area contributed by atoms with Crippen LogP contribution in [0.4, 0.5) is 0 Å². The topological polar surface area (TPSA) is 59.7 Å². The molecule has 1 unspecified atom stereocenters. The van der Waals surface area contributed by atoms with Crippen molar-refractivity contribution < 1.29 is 9.53 Å². The van der Waals surface area contributed by atoms with Gasteiger partial charge in [-0.2, -0.15) is 0 Å². The zero-order valence-corrected chi connectivity index (χ0v) is 11.1. The fraction of sp³-hybridized carbons (Fsp3) is 0.500. The van der Waals surface area contributed by atoms with E-state index in [2.05, 4.69) is 10.2 Å². The molecule has 2 fully saturated rings. The van der Waals surface area contributed by atoms with Crippen LogP contribution in [-0.2, 0) is 4.74 Å². The maximum atomic E-state index is 12.8. The minimum Gasteiger partial charge on any atom is -0.377 e. The molecule has 1 aliphatic carbocycles. The highest BCUT2D eigenvalue weighted by molar-refractivity contribution is 5.93. The Morgan fingerprint density at radius 1 is 1.35 bits per heavy atom. The van der Waals surface area contributed by atoms with Crippen molar-refractivity contribution in [1.29, 1.82) is 0 Å². The Morgan fingerprint density at radius 2 is 2.25 bits per heavy atom. The molecule has 3 heterocycles. The fourth-order valence-corrected chi connectivity index (χ4v) is 2.92. The van der Waals surface area contributed by atoms with Gasteiger partial charge in [0.2, 0.25) is 0 Å². The lowest BCUT2D eigenvalue weighted by molar-refractivity contribution is -0.00871.